The summed E-state index contributed by atoms with van der Waals surface area (Å²) >= 11 is 6.96. The summed E-state index contributed by atoms with van der Waals surface area (Å²) in [6, 6.07) is 10.4. The fourth-order valence-electron chi connectivity index (χ4n) is 2.97. The van der Waals surface area contributed by atoms with Crippen LogP contribution in [0.5, 0.6) is 5.75 Å². The maximum Gasteiger partial charge on any atom is 0.307 e. The predicted molar refractivity (Wildman–Crippen MR) is 126 cm³/mol. The van der Waals surface area contributed by atoms with E-state index in [-0.39, 0.29) is 27.8 Å². The number of nitrogens with zero attached hydrogens (tertiary/aromatic N) is 1. The van der Waals surface area contributed by atoms with Gasteiger partial charge in [-0.15, -0.1) is 0 Å². The molecule has 1 amide bonds. The number of carbonyl (C=O) groups excluding carboxylic acids is 1. The molecular weight excluding hydrogens is 474 g/mol. The Morgan fingerprint density at radius 1 is 1.19 bits per heavy atom. The smallest absolute Gasteiger partial charge is 0.307 e. The number of benzene rings is 2. The highest BCUT2D eigenvalue weighted by Gasteiger charge is 2.18. The third-order valence-corrected chi connectivity index (χ3v) is 7.13. The van der Waals surface area contributed by atoms with Crippen molar-refractivity contribution in [2.75, 3.05) is 17.1 Å². The van der Waals surface area contributed by atoms with Crippen LogP contribution in [-0.4, -0.2) is 26.0 Å². The van der Waals surface area contributed by atoms with Crippen molar-refractivity contribution in [1.29, 1.82) is 0 Å². The Morgan fingerprint density at radius 2 is 1.91 bits per heavy atom. The fraction of sp³-hybridized carbons (Fsp3) is 0.238. The summed E-state index contributed by atoms with van der Waals surface area (Å²) in [5.74, 6) is 0.0122. The zero-order valence-electron chi connectivity index (χ0n) is 17.4. The number of anilines is 2. The average Bonchev–Trinajstić information content (AvgIpc) is 3.07. The Hall–Kier alpha value is -2.82. The average molecular weight is 496 g/mol. The van der Waals surface area contributed by atoms with E-state index >= 15 is 0 Å². The predicted octanol–water partition coefficient (Wildman–Crippen LogP) is 4.10. The van der Waals surface area contributed by atoms with Crippen LogP contribution in [0, 0.1) is 6.92 Å². The number of nitrogens with one attached hydrogen (secondary N) is 2. The standard InChI is InChI=1S/C21H22ClN3O5S2/c1-14-13-31-21(27)25(14)11-3-4-20(26)23-18-12-17(9-10-19(18)30-2)32(28,29)24-16-7-5-15(22)6-8-16/h5-10,12-13,24H,3-4,11H2,1-2H3,(H,23,26). The molecule has 0 spiro atoms. The number of carbonyl (C=O) groups is 1. The molecule has 32 heavy (non-hydrogen) atoms. The Labute approximate surface area is 194 Å². The molecule has 1 aromatic heterocycles. The van der Waals surface area contributed by atoms with Crippen molar-refractivity contribution in [1.82, 2.24) is 4.57 Å². The van der Waals surface area contributed by atoms with Gasteiger partial charge >= 0.3 is 4.87 Å². The fourth-order valence-corrected chi connectivity index (χ4v) is 4.94. The monoisotopic (exact) mass is 495 g/mol. The van der Waals surface area contributed by atoms with Crippen LogP contribution < -0.4 is 19.6 Å². The molecule has 0 fully saturated rings. The van der Waals surface area contributed by atoms with Gasteiger partial charge in [-0.25, -0.2) is 8.42 Å². The van der Waals surface area contributed by atoms with E-state index in [0.717, 1.165) is 17.0 Å². The number of ether oxygens (including phenoxy) is 1. The number of amides is 1. The first-order valence-electron chi connectivity index (χ1n) is 9.61. The van der Waals surface area contributed by atoms with E-state index in [1.165, 1.54) is 25.3 Å². The molecule has 2 N–H and O–H groups in total. The zero-order valence-corrected chi connectivity index (χ0v) is 19.8. The van der Waals surface area contributed by atoms with Crippen LogP contribution >= 0.6 is 22.9 Å². The quantitative estimate of drug-likeness (QED) is 0.464. The van der Waals surface area contributed by atoms with Gasteiger partial charge in [0.15, 0.2) is 0 Å². The van der Waals surface area contributed by atoms with E-state index in [1.807, 2.05) is 6.92 Å². The summed E-state index contributed by atoms with van der Waals surface area (Å²) in [6.45, 7) is 2.27. The highest BCUT2D eigenvalue weighted by Crippen LogP contribution is 2.29. The van der Waals surface area contributed by atoms with Crippen LogP contribution in [0.1, 0.15) is 18.5 Å². The zero-order chi connectivity index (χ0) is 23.3. The van der Waals surface area contributed by atoms with E-state index in [9.17, 15) is 18.0 Å². The van der Waals surface area contributed by atoms with Gasteiger partial charge in [-0.3, -0.25) is 14.3 Å². The highest BCUT2D eigenvalue weighted by molar-refractivity contribution is 7.92. The summed E-state index contributed by atoms with van der Waals surface area (Å²) in [5, 5.41) is 4.96. The number of rotatable bonds is 9. The highest BCUT2D eigenvalue weighted by atomic mass is 35.5. The summed E-state index contributed by atoms with van der Waals surface area (Å²) in [7, 11) is -2.47. The van der Waals surface area contributed by atoms with E-state index in [1.54, 1.807) is 34.2 Å². The van der Waals surface area contributed by atoms with Crippen molar-refractivity contribution in [3.05, 3.63) is 68.2 Å². The lowest BCUT2D eigenvalue weighted by molar-refractivity contribution is -0.116. The molecule has 0 bridgehead atoms. The van der Waals surface area contributed by atoms with E-state index in [2.05, 4.69) is 10.0 Å². The minimum atomic E-state index is -3.90. The van der Waals surface area contributed by atoms with Crippen LogP contribution in [0.15, 0.2) is 57.5 Å². The second kappa shape index (κ2) is 10.2. The molecule has 3 rings (SSSR count). The van der Waals surface area contributed by atoms with Gasteiger partial charge in [0.2, 0.25) is 5.91 Å². The molecule has 2 aromatic carbocycles. The number of aryl methyl sites for hydroxylation is 1. The topological polar surface area (TPSA) is 106 Å². The second-order valence-corrected chi connectivity index (χ2v) is 9.86. The molecule has 0 atom stereocenters. The van der Waals surface area contributed by atoms with Gasteiger partial charge in [-0.2, -0.15) is 0 Å². The maximum absolute atomic E-state index is 12.8. The van der Waals surface area contributed by atoms with Crippen LogP contribution in [0.4, 0.5) is 11.4 Å². The minimum absolute atomic E-state index is 0.0380. The maximum atomic E-state index is 12.8. The third kappa shape index (κ3) is 5.90. The number of halogens is 1. The Balaban J connectivity index is 1.70. The molecular formula is C21H22ClN3O5S2. The van der Waals surface area contributed by atoms with Crippen LogP contribution in [0.25, 0.3) is 0 Å². The lowest BCUT2D eigenvalue weighted by Crippen LogP contribution is -2.18. The normalized spacial score (nSPS) is 11.2. The Morgan fingerprint density at radius 3 is 2.53 bits per heavy atom. The molecule has 0 saturated carbocycles. The number of aromatic nitrogens is 1. The molecule has 0 unspecified atom stereocenters. The van der Waals surface area contributed by atoms with Crippen molar-refractivity contribution in [2.24, 2.45) is 0 Å². The molecule has 11 heteroatoms. The number of hydrogen-bond acceptors (Lipinski definition) is 6. The molecule has 0 aliphatic carbocycles. The lowest BCUT2D eigenvalue weighted by atomic mass is 10.2. The first-order valence-corrected chi connectivity index (χ1v) is 12.3. The number of methoxy groups -OCH3 is 1. The van der Waals surface area contributed by atoms with Gasteiger partial charge < -0.3 is 14.6 Å². The van der Waals surface area contributed by atoms with Gasteiger partial charge in [-0.1, -0.05) is 22.9 Å². The molecule has 170 valence electrons. The Bertz CT molecular complexity index is 1270. The molecule has 0 aliphatic rings. The van der Waals surface area contributed by atoms with Crippen LogP contribution in [-0.2, 0) is 21.4 Å². The largest absolute Gasteiger partial charge is 0.495 e. The lowest BCUT2D eigenvalue weighted by Gasteiger charge is -2.14. The van der Waals surface area contributed by atoms with Gasteiger partial charge in [0.05, 0.1) is 17.7 Å². The minimum Gasteiger partial charge on any atom is -0.495 e. The molecule has 0 radical (unpaired) electrons. The summed E-state index contributed by atoms with van der Waals surface area (Å²) < 4.78 is 34.9. The van der Waals surface area contributed by atoms with Crippen molar-refractivity contribution in [2.45, 2.75) is 31.2 Å². The SMILES string of the molecule is COc1ccc(S(=O)(=O)Nc2ccc(Cl)cc2)cc1NC(=O)CCCn1c(C)csc1=O. The first kappa shape index (κ1) is 23.8. The molecule has 0 saturated heterocycles. The van der Waals surface area contributed by atoms with Crippen molar-refractivity contribution < 1.29 is 17.9 Å². The summed E-state index contributed by atoms with van der Waals surface area (Å²) in [4.78, 5) is 24.1. The van der Waals surface area contributed by atoms with Gasteiger partial charge in [0, 0.05) is 34.7 Å². The van der Waals surface area contributed by atoms with Crippen molar-refractivity contribution >= 4 is 50.2 Å². The van der Waals surface area contributed by atoms with Gasteiger partial charge in [-0.05, 0) is 55.8 Å². The van der Waals surface area contributed by atoms with Crippen molar-refractivity contribution in [3.8, 4) is 5.75 Å². The number of thiazole rings is 1. The molecule has 1 heterocycles. The van der Waals surface area contributed by atoms with E-state index in [4.69, 9.17) is 16.3 Å². The number of hydrogen-bond donors (Lipinski definition) is 2. The van der Waals surface area contributed by atoms with Gasteiger partial charge in [0.1, 0.15) is 5.75 Å². The van der Waals surface area contributed by atoms with Crippen molar-refractivity contribution in [3.63, 3.8) is 0 Å². The summed E-state index contributed by atoms with van der Waals surface area (Å²) in [5.41, 5.74) is 1.45. The molecule has 3 aromatic rings. The van der Waals surface area contributed by atoms with Crippen LogP contribution in [0.3, 0.4) is 0 Å². The summed E-state index contributed by atoms with van der Waals surface area (Å²) in [6.07, 6.45) is 0.618. The molecule has 0 aliphatic heterocycles. The van der Waals surface area contributed by atoms with E-state index in [0.29, 0.717) is 29.4 Å². The first-order chi connectivity index (χ1) is 15.2. The second-order valence-electron chi connectivity index (χ2n) is 6.92. The molecule has 8 nitrogen and oxygen atoms in total. The Kier molecular flexibility index (Phi) is 7.60. The van der Waals surface area contributed by atoms with Crippen LogP contribution in [0.2, 0.25) is 5.02 Å². The van der Waals surface area contributed by atoms with Gasteiger partial charge in [0.25, 0.3) is 10.0 Å². The third-order valence-electron chi connectivity index (χ3n) is 4.61. The number of sulfonamides is 1. The van der Waals surface area contributed by atoms with E-state index < -0.39 is 10.0 Å².